The highest BCUT2D eigenvalue weighted by atomic mass is 16.4. The van der Waals surface area contributed by atoms with E-state index < -0.39 is 5.97 Å². The van der Waals surface area contributed by atoms with Gasteiger partial charge in [-0.2, -0.15) is 0 Å². The Labute approximate surface area is 126 Å². The smallest absolute Gasteiger partial charge is 0.335 e. The first-order valence-electron chi connectivity index (χ1n) is 7.09. The average molecular weight is 294 g/mol. The fraction of sp³-hybridized carbons (Fsp3) is 0.188. The summed E-state index contributed by atoms with van der Waals surface area (Å²) in [7, 11) is 0. The Balaban J connectivity index is 1.69. The molecule has 3 heterocycles. The molecule has 0 saturated heterocycles. The molecule has 3 aromatic rings. The summed E-state index contributed by atoms with van der Waals surface area (Å²) in [5, 5.41) is 9.16. The number of carboxylic acid groups (broad SMARTS) is 1. The van der Waals surface area contributed by atoms with Crippen molar-refractivity contribution in [1.29, 1.82) is 0 Å². The Morgan fingerprint density at radius 3 is 3.09 bits per heavy atom. The Kier molecular flexibility index (Phi) is 2.82. The molecule has 0 saturated carbocycles. The average Bonchev–Trinajstić information content (AvgIpc) is 3.12. The molecule has 1 aromatic carbocycles. The number of nitrogens with zero attached hydrogens (tertiary/aromatic N) is 4. The fourth-order valence-corrected chi connectivity index (χ4v) is 2.95. The van der Waals surface area contributed by atoms with Crippen LogP contribution in [0.2, 0.25) is 0 Å². The van der Waals surface area contributed by atoms with Crippen LogP contribution in [-0.2, 0) is 13.0 Å². The van der Waals surface area contributed by atoms with Crippen LogP contribution in [0.5, 0.6) is 0 Å². The summed E-state index contributed by atoms with van der Waals surface area (Å²) < 4.78 is 2.01. The molecule has 0 spiro atoms. The van der Waals surface area contributed by atoms with Crippen molar-refractivity contribution in [2.24, 2.45) is 0 Å². The summed E-state index contributed by atoms with van der Waals surface area (Å²) >= 11 is 0. The fourth-order valence-electron chi connectivity index (χ4n) is 2.95. The minimum absolute atomic E-state index is 0.327. The van der Waals surface area contributed by atoms with E-state index in [0.29, 0.717) is 12.1 Å². The number of anilines is 1. The van der Waals surface area contributed by atoms with Gasteiger partial charge in [0.1, 0.15) is 0 Å². The van der Waals surface area contributed by atoms with E-state index in [9.17, 15) is 4.79 Å². The monoisotopic (exact) mass is 294 g/mol. The molecule has 0 fully saturated rings. The Morgan fingerprint density at radius 2 is 2.23 bits per heavy atom. The first-order valence-corrected chi connectivity index (χ1v) is 7.09. The summed E-state index contributed by atoms with van der Waals surface area (Å²) in [6.07, 6.45) is 8.13. The highest BCUT2D eigenvalue weighted by molar-refractivity contribution is 5.89. The number of imidazole rings is 1. The number of aromatic carboxylic acids is 1. The van der Waals surface area contributed by atoms with E-state index in [1.807, 2.05) is 22.9 Å². The van der Waals surface area contributed by atoms with Crippen LogP contribution in [-0.4, -0.2) is 32.0 Å². The molecule has 2 aromatic heterocycles. The van der Waals surface area contributed by atoms with Gasteiger partial charge < -0.3 is 10.0 Å². The van der Waals surface area contributed by atoms with Gasteiger partial charge in [0.2, 0.25) is 0 Å². The first kappa shape index (κ1) is 12.8. The van der Waals surface area contributed by atoms with Crippen molar-refractivity contribution in [2.75, 3.05) is 11.4 Å². The van der Waals surface area contributed by atoms with Crippen LogP contribution in [0.15, 0.2) is 43.0 Å². The van der Waals surface area contributed by atoms with Crippen molar-refractivity contribution >= 4 is 17.3 Å². The zero-order valence-corrected chi connectivity index (χ0v) is 11.8. The van der Waals surface area contributed by atoms with Crippen molar-refractivity contribution < 1.29 is 9.90 Å². The van der Waals surface area contributed by atoms with Gasteiger partial charge in [0.15, 0.2) is 5.65 Å². The second kappa shape index (κ2) is 4.84. The van der Waals surface area contributed by atoms with Crippen LogP contribution in [0, 0.1) is 0 Å². The molecule has 1 aliphatic rings. The lowest BCUT2D eigenvalue weighted by atomic mass is 10.1. The first-order chi connectivity index (χ1) is 10.7. The van der Waals surface area contributed by atoms with Gasteiger partial charge in [0.05, 0.1) is 30.2 Å². The topological polar surface area (TPSA) is 70.7 Å². The lowest BCUT2D eigenvalue weighted by Gasteiger charge is -2.19. The van der Waals surface area contributed by atoms with Gasteiger partial charge in [-0.25, -0.2) is 9.78 Å². The second-order valence-corrected chi connectivity index (χ2v) is 5.37. The number of carboxylic acids is 1. The Bertz CT molecular complexity index is 871. The van der Waals surface area contributed by atoms with Gasteiger partial charge >= 0.3 is 5.97 Å². The van der Waals surface area contributed by atoms with Crippen LogP contribution < -0.4 is 4.90 Å². The zero-order valence-electron chi connectivity index (χ0n) is 11.8. The maximum absolute atomic E-state index is 11.2. The van der Waals surface area contributed by atoms with E-state index >= 15 is 0 Å². The van der Waals surface area contributed by atoms with Crippen molar-refractivity contribution in [1.82, 2.24) is 14.4 Å². The van der Waals surface area contributed by atoms with Crippen LogP contribution in [0.1, 0.15) is 21.6 Å². The molecular weight excluding hydrogens is 280 g/mol. The summed E-state index contributed by atoms with van der Waals surface area (Å²) in [6, 6.07) is 5.34. The molecule has 0 radical (unpaired) electrons. The third kappa shape index (κ3) is 2.00. The predicted octanol–water partition coefficient (Wildman–Crippen LogP) is 1.99. The van der Waals surface area contributed by atoms with E-state index in [1.54, 1.807) is 24.5 Å². The Hall–Kier alpha value is -2.89. The molecule has 0 unspecified atom stereocenters. The molecule has 0 atom stereocenters. The van der Waals surface area contributed by atoms with Gasteiger partial charge in [0.25, 0.3) is 0 Å². The molecule has 1 aliphatic heterocycles. The van der Waals surface area contributed by atoms with E-state index in [0.717, 1.165) is 30.0 Å². The number of hydrogen-bond donors (Lipinski definition) is 1. The number of carbonyl (C=O) groups is 1. The molecule has 0 amide bonds. The zero-order chi connectivity index (χ0) is 15.1. The molecule has 4 rings (SSSR count). The van der Waals surface area contributed by atoms with Gasteiger partial charge in [-0.05, 0) is 24.1 Å². The number of benzene rings is 1. The minimum Gasteiger partial charge on any atom is -0.478 e. The third-order valence-corrected chi connectivity index (χ3v) is 4.07. The normalized spacial score (nSPS) is 13.5. The van der Waals surface area contributed by atoms with Crippen molar-refractivity contribution in [2.45, 2.75) is 13.0 Å². The van der Waals surface area contributed by atoms with Crippen LogP contribution in [0.25, 0.3) is 5.65 Å². The SMILES string of the molecule is O=C(O)c1ccc2c(c1)N(Cc1cnc3cnccn13)CC2. The molecule has 22 heavy (non-hydrogen) atoms. The number of hydrogen-bond acceptors (Lipinski definition) is 4. The van der Waals surface area contributed by atoms with Gasteiger partial charge in [-0.1, -0.05) is 6.07 Å². The summed E-state index contributed by atoms with van der Waals surface area (Å²) in [6.45, 7) is 1.58. The highest BCUT2D eigenvalue weighted by Crippen LogP contribution is 2.30. The maximum atomic E-state index is 11.2. The summed E-state index contributed by atoms with van der Waals surface area (Å²) in [5.74, 6) is -0.893. The maximum Gasteiger partial charge on any atom is 0.335 e. The Morgan fingerprint density at radius 1 is 1.32 bits per heavy atom. The standard InChI is InChI=1S/C16H14N4O2/c21-16(22)12-2-1-11-3-5-19(14(11)7-12)10-13-8-18-15-9-17-4-6-20(13)15/h1-2,4,6-9H,3,5,10H2,(H,21,22). The molecule has 6 nitrogen and oxygen atoms in total. The number of rotatable bonds is 3. The van der Waals surface area contributed by atoms with E-state index in [2.05, 4.69) is 14.9 Å². The number of aromatic nitrogens is 3. The van der Waals surface area contributed by atoms with Crippen LogP contribution in [0.3, 0.4) is 0 Å². The van der Waals surface area contributed by atoms with Gasteiger partial charge in [-0.15, -0.1) is 0 Å². The van der Waals surface area contributed by atoms with E-state index in [4.69, 9.17) is 5.11 Å². The summed E-state index contributed by atoms with van der Waals surface area (Å²) in [4.78, 5) is 21.8. The van der Waals surface area contributed by atoms with Crippen LogP contribution in [0.4, 0.5) is 5.69 Å². The molecule has 1 N–H and O–H groups in total. The summed E-state index contributed by atoms with van der Waals surface area (Å²) in [5.41, 5.74) is 4.40. The van der Waals surface area contributed by atoms with Gasteiger partial charge in [-0.3, -0.25) is 9.38 Å². The minimum atomic E-state index is -0.893. The largest absolute Gasteiger partial charge is 0.478 e. The molecule has 6 heteroatoms. The number of fused-ring (bicyclic) bond motifs is 2. The molecule has 0 aliphatic carbocycles. The third-order valence-electron chi connectivity index (χ3n) is 4.07. The predicted molar refractivity (Wildman–Crippen MR) is 81.1 cm³/mol. The van der Waals surface area contributed by atoms with Crippen molar-refractivity contribution in [3.05, 3.63) is 59.8 Å². The van der Waals surface area contributed by atoms with Crippen LogP contribution >= 0.6 is 0 Å². The molecule has 110 valence electrons. The molecule has 0 bridgehead atoms. The van der Waals surface area contributed by atoms with Crippen molar-refractivity contribution in [3.8, 4) is 0 Å². The quantitative estimate of drug-likeness (QED) is 0.800. The van der Waals surface area contributed by atoms with Crippen molar-refractivity contribution in [3.63, 3.8) is 0 Å². The van der Waals surface area contributed by atoms with E-state index in [1.165, 1.54) is 5.56 Å². The van der Waals surface area contributed by atoms with Gasteiger partial charge in [0, 0.05) is 24.6 Å². The highest BCUT2D eigenvalue weighted by Gasteiger charge is 2.21. The van der Waals surface area contributed by atoms with E-state index in [-0.39, 0.29) is 0 Å². The lowest BCUT2D eigenvalue weighted by Crippen LogP contribution is -2.20. The molecular formula is C16H14N4O2. The lowest BCUT2D eigenvalue weighted by molar-refractivity contribution is 0.0697. The second-order valence-electron chi connectivity index (χ2n) is 5.37.